The van der Waals surface area contributed by atoms with Crippen molar-refractivity contribution in [1.29, 1.82) is 0 Å². The van der Waals surface area contributed by atoms with Crippen LogP contribution >= 0.6 is 15.9 Å². The Hall–Kier alpha value is -1.27. The van der Waals surface area contributed by atoms with Crippen molar-refractivity contribution >= 4 is 27.6 Å². The molecule has 2 aliphatic rings. The quantitative estimate of drug-likeness (QED) is 0.786. The number of urea groups is 1. The number of halogens is 1. The number of amides is 2. The van der Waals surface area contributed by atoms with E-state index >= 15 is 0 Å². The summed E-state index contributed by atoms with van der Waals surface area (Å²) in [6.07, 6.45) is 3.25. The van der Waals surface area contributed by atoms with Gasteiger partial charge in [-0.2, -0.15) is 0 Å². The van der Waals surface area contributed by atoms with Gasteiger partial charge in [0, 0.05) is 48.9 Å². The Bertz CT molecular complexity index is 557. The van der Waals surface area contributed by atoms with Crippen LogP contribution < -0.4 is 15.5 Å². The molecule has 138 valence electrons. The predicted octanol–water partition coefficient (Wildman–Crippen LogP) is 3.06. The van der Waals surface area contributed by atoms with E-state index in [4.69, 9.17) is 0 Å². The number of rotatable bonds is 5. The van der Waals surface area contributed by atoms with Crippen molar-refractivity contribution in [3.8, 4) is 0 Å². The van der Waals surface area contributed by atoms with E-state index in [1.54, 1.807) is 0 Å². The summed E-state index contributed by atoms with van der Waals surface area (Å²) < 4.78 is 1.11. The summed E-state index contributed by atoms with van der Waals surface area (Å²) in [7, 11) is 0. The van der Waals surface area contributed by atoms with Gasteiger partial charge in [-0.3, -0.25) is 0 Å². The van der Waals surface area contributed by atoms with Crippen LogP contribution in [0.1, 0.15) is 26.2 Å². The third-order valence-electron chi connectivity index (χ3n) is 5.40. The van der Waals surface area contributed by atoms with Crippen LogP contribution in [0.3, 0.4) is 0 Å². The normalized spacial score (nSPS) is 22.2. The maximum absolute atomic E-state index is 12.2. The van der Waals surface area contributed by atoms with Gasteiger partial charge in [0.05, 0.1) is 0 Å². The Labute approximate surface area is 159 Å². The zero-order valence-electron chi connectivity index (χ0n) is 15.0. The Morgan fingerprint density at radius 1 is 1.16 bits per heavy atom. The van der Waals surface area contributed by atoms with E-state index in [1.807, 2.05) is 0 Å². The minimum Gasteiger partial charge on any atom is -0.371 e. The standard InChI is InChI=1S/C19H29BrN4O/c1-2-23-10-8-17(9-11-23)22-19(25)21-13-15-7-12-24(14-15)18-5-3-16(20)4-6-18/h3-6,15,17H,2,7-14H2,1H3,(H2,21,22,25)/t15-/m1/s1. The van der Waals surface area contributed by atoms with Gasteiger partial charge in [-0.15, -0.1) is 0 Å². The van der Waals surface area contributed by atoms with E-state index in [9.17, 15) is 4.79 Å². The fourth-order valence-electron chi connectivity index (χ4n) is 3.75. The van der Waals surface area contributed by atoms with E-state index in [0.717, 1.165) is 63.0 Å². The Morgan fingerprint density at radius 3 is 2.56 bits per heavy atom. The molecule has 2 saturated heterocycles. The second-order valence-corrected chi connectivity index (χ2v) is 8.06. The third-order valence-corrected chi connectivity index (χ3v) is 5.93. The maximum atomic E-state index is 12.2. The minimum absolute atomic E-state index is 0.00274. The van der Waals surface area contributed by atoms with Crippen molar-refractivity contribution in [2.24, 2.45) is 5.92 Å². The molecule has 5 nitrogen and oxygen atoms in total. The van der Waals surface area contributed by atoms with Crippen molar-refractivity contribution in [3.05, 3.63) is 28.7 Å². The number of piperidine rings is 1. The van der Waals surface area contributed by atoms with Gasteiger partial charge in [0.25, 0.3) is 0 Å². The Balaban J connectivity index is 1.36. The van der Waals surface area contributed by atoms with E-state index < -0.39 is 0 Å². The van der Waals surface area contributed by atoms with Crippen molar-refractivity contribution in [2.45, 2.75) is 32.2 Å². The number of nitrogens with one attached hydrogen (secondary N) is 2. The summed E-state index contributed by atoms with van der Waals surface area (Å²) in [5.41, 5.74) is 1.26. The monoisotopic (exact) mass is 408 g/mol. The molecule has 25 heavy (non-hydrogen) atoms. The molecule has 2 amide bonds. The molecule has 2 heterocycles. The van der Waals surface area contributed by atoms with Crippen LogP contribution in [0.4, 0.5) is 10.5 Å². The zero-order valence-corrected chi connectivity index (χ0v) is 16.6. The molecule has 0 spiro atoms. The molecule has 3 rings (SSSR count). The van der Waals surface area contributed by atoms with E-state index in [-0.39, 0.29) is 6.03 Å². The first kappa shape index (κ1) is 18.5. The van der Waals surface area contributed by atoms with Crippen molar-refractivity contribution in [1.82, 2.24) is 15.5 Å². The second-order valence-electron chi connectivity index (χ2n) is 7.14. The smallest absolute Gasteiger partial charge is 0.315 e. The van der Waals surface area contributed by atoms with Crippen molar-refractivity contribution < 1.29 is 4.79 Å². The topological polar surface area (TPSA) is 47.6 Å². The average Bonchev–Trinajstić information content (AvgIpc) is 3.10. The van der Waals surface area contributed by atoms with Gasteiger partial charge in [-0.1, -0.05) is 22.9 Å². The molecule has 0 bridgehead atoms. The van der Waals surface area contributed by atoms with Gasteiger partial charge >= 0.3 is 6.03 Å². The molecule has 0 unspecified atom stereocenters. The molecule has 0 aliphatic carbocycles. The van der Waals surface area contributed by atoms with Gasteiger partial charge in [0.2, 0.25) is 0 Å². The first-order valence-corrected chi connectivity index (χ1v) is 10.2. The fraction of sp³-hybridized carbons (Fsp3) is 0.632. The summed E-state index contributed by atoms with van der Waals surface area (Å²) in [5.74, 6) is 0.524. The number of carbonyl (C=O) groups is 1. The highest BCUT2D eigenvalue weighted by molar-refractivity contribution is 9.10. The number of carbonyl (C=O) groups excluding carboxylic acids is 1. The fourth-order valence-corrected chi connectivity index (χ4v) is 4.02. The Kier molecular flexibility index (Phi) is 6.59. The van der Waals surface area contributed by atoms with Crippen LogP contribution in [0, 0.1) is 5.92 Å². The van der Waals surface area contributed by atoms with Crippen LogP contribution in [-0.2, 0) is 0 Å². The number of anilines is 1. The maximum Gasteiger partial charge on any atom is 0.315 e. The second kappa shape index (κ2) is 8.90. The molecular formula is C19H29BrN4O. The van der Waals surface area contributed by atoms with Crippen molar-refractivity contribution in [3.63, 3.8) is 0 Å². The summed E-state index contributed by atoms with van der Waals surface area (Å²) in [6, 6.07) is 8.78. The largest absolute Gasteiger partial charge is 0.371 e. The molecule has 1 atom stereocenters. The lowest BCUT2D eigenvalue weighted by atomic mass is 10.1. The zero-order chi connectivity index (χ0) is 17.6. The van der Waals surface area contributed by atoms with Gasteiger partial charge in [-0.25, -0.2) is 4.79 Å². The molecule has 1 aromatic rings. The van der Waals surface area contributed by atoms with Gasteiger partial charge < -0.3 is 20.4 Å². The van der Waals surface area contributed by atoms with Crippen LogP contribution in [0.15, 0.2) is 28.7 Å². The number of nitrogens with zero attached hydrogens (tertiary/aromatic N) is 2. The van der Waals surface area contributed by atoms with Crippen LogP contribution in [0.2, 0.25) is 0 Å². The summed E-state index contributed by atoms with van der Waals surface area (Å²) in [6.45, 7) is 8.31. The van der Waals surface area contributed by atoms with E-state index in [0.29, 0.717) is 12.0 Å². The molecule has 6 heteroatoms. The summed E-state index contributed by atoms with van der Waals surface area (Å²) in [4.78, 5) is 17.0. The lowest BCUT2D eigenvalue weighted by Gasteiger charge is -2.31. The molecule has 0 aromatic heterocycles. The highest BCUT2D eigenvalue weighted by Crippen LogP contribution is 2.25. The van der Waals surface area contributed by atoms with Crippen LogP contribution in [0.5, 0.6) is 0 Å². The lowest BCUT2D eigenvalue weighted by molar-refractivity contribution is 0.198. The highest BCUT2D eigenvalue weighted by Gasteiger charge is 2.24. The summed E-state index contributed by atoms with van der Waals surface area (Å²) >= 11 is 3.48. The molecule has 1 aromatic carbocycles. The number of hydrogen-bond donors (Lipinski definition) is 2. The predicted molar refractivity (Wildman–Crippen MR) is 106 cm³/mol. The van der Waals surface area contributed by atoms with E-state index in [2.05, 4.69) is 67.6 Å². The molecule has 2 aliphatic heterocycles. The number of hydrogen-bond acceptors (Lipinski definition) is 3. The first-order chi connectivity index (χ1) is 12.1. The van der Waals surface area contributed by atoms with Crippen molar-refractivity contribution in [2.75, 3.05) is 44.2 Å². The third kappa shape index (κ3) is 5.35. The molecule has 0 saturated carbocycles. The lowest BCUT2D eigenvalue weighted by Crippen LogP contribution is -2.48. The van der Waals surface area contributed by atoms with Crippen LogP contribution in [0.25, 0.3) is 0 Å². The minimum atomic E-state index is -0.00274. The number of benzene rings is 1. The van der Waals surface area contributed by atoms with E-state index in [1.165, 1.54) is 5.69 Å². The molecule has 0 radical (unpaired) electrons. The SMILES string of the molecule is CCN1CCC(NC(=O)NC[C@H]2CCN(c3ccc(Br)cc3)C2)CC1. The van der Waals surface area contributed by atoms with Crippen LogP contribution in [-0.4, -0.2) is 56.2 Å². The van der Waals surface area contributed by atoms with Gasteiger partial charge in [0.1, 0.15) is 0 Å². The first-order valence-electron chi connectivity index (χ1n) is 9.41. The average molecular weight is 409 g/mol. The molecule has 2 fully saturated rings. The summed E-state index contributed by atoms with van der Waals surface area (Å²) in [5, 5.41) is 6.22. The molecule has 2 N–H and O–H groups in total. The number of likely N-dealkylation sites (tertiary alicyclic amines) is 1. The molecular weight excluding hydrogens is 380 g/mol. The van der Waals surface area contributed by atoms with Gasteiger partial charge in [-0.05, 0) is 56.0 Å². The Morgan fingerprint density at radius 2 is 1.88 bits per heavy atom. The highest BCUT2D eigenvalue weighted by atomic mass is 79.9. The van der Waals surface area contributed by atoms with Gasteiger partial charge in [0.15, 0.2) is 0 Å².